The number of piperazine rings is 1. The van der Waals surface area contributed by atoms with Gasteiger partial charge in [0.05, 0.1) is 18.5 Å². The Bertz CT molecular complexity index is 1810. The van der Waals surface area contributed by atoms with Gasteiger partial charge in [0.1, 0.15) is 34.4 Å². The third-order valence-electron chi connectivity index (χ3n) is 9.47. The SMILES string of the molecule is CN1CCN(C2CCN(C(=O)Nc3cc(Oc4ccc(NC(=O)C5(C(=O)Nc6ccc(F)cc6)CC5)c(F)c4)ccn3)CC2)CC1.O=C(O)CCC(=O)O. The van der Waals surface area contributed by atoms with E-state index in [0.29, 0.717) is 49.2 Å². The van der Waals surface area contributed by atoms with Crippen molar-refractivity contribution >= 4 is 47.0 Å². The van der Waals surface area contributed by atoms with E-state index >= 15 is 4.39 Å². The van der Waals surface area contributed by atoms with E-state index in [0.717, 1.165) is 45.1 Å². The largest absolute Gasteiger partial charge is 0.481 e. The van der Waals surface area contributed by atoms with Gasteiger partial charge in [0.15, 0.2) is 0 Å². The van der Waals surface area contributed by atoms with Gasteiger partial charge in [-0.3, -0.25) is 29.4 Å². The maximum atomic E-state index is 15.0. The minimum Gasteiger partial charge on any atom is -0.481 e. The smallest absolute Gasteiger partial charge is 0.323 e. The number of ether oxygens (including phenoxy) is 1. The molecule has 3 heterocycles. The molecule has 288 valence electrons. The molecule has 0 atom stereocenters. The molecule has 0 spiro atoms. The predicted molar refractivity (Wildman–Crippen MR) is 193 cm³/mol. The molecular formula is C37H43F2N7O8. The lowest BCUT2D eigenvalue weighted by molar-refractivity contribution is -0.143. The van der Waals surface area contributed by atoms with Crippen molar-refractivity contribution in [3.8, 4) is 11.5 Å². The maximum Gasteiger partial charge on any atom is 0.323 e. The highest BCUT2D eigenvalue weighted by atomic mass is 19.1. The summed E-state index contributed by atoms with van der Waals surface area (Å²) in [4.78, 5) is 68.9. The minimum absolute atomic E-state index is 0.0997. The van der Waals surface area contributed by atoms with E-state index in [1.54, 1.807) is 17.0 Å². The second-order valence-corrected chi connectivity index (χ2v) is 13.4. The number of carboxylic acid groups (broad SMARTS) is 2. The fraction of sp³-hybridized carbons (Fsp3) is 0.405. The van der Waals surface area contributed by atoms with Gasteiger partial charge in [-0.05, 0) is 75.2 Å². The number of carboxylic acids is 2. The molecule has 2 aliphatic heterocycles. The highest BCUT2D eigenvalue weighted by Crippen LogP contribution is 2.47. The molecule has 54 heavy (non-hydrogen) atoms. The van der Waals surface area contributed by atoms with Gasteiger partial charge < -0.3 is 35.4 Å². The Morgan fingerprint density at radius 3 is 2.00 bits per heavy atom. The topological polar surface area (TPSA) is 194 Å². The molecule has 1 aliphatic carbocycles. The zero-order chi connectivity index (χ0) is 38.8. The van der Waals surface area contributed by atoms with Gasteiger partial charge in [-0.25, -0.2) is 18.6 Å². The first-order valence-corrected chi connectivity index (χ1v) is 17.6. The number of pyridine rings is 1. The van der Waals surface area contributed by atoms with E-state index < -0.39 is 40.8 Å². The van der Waals surface area contributed by atoms with Crippen LogP contribution in [0.4, 0.5) is 30.8 Å². The summed E-state index contributed by atoms with van der Waals surface area (Å²) in [5, 5.41) is 23.8. The molecular weight excluding hydrogens is 708 g/mol. The van der Waals surface area contributed by atoms with E-state index in [-0.39, 0.29) is 30.3 Å². The van der Waals surface area contributed by atoms with Crippen LogP contribution in [0.15, 0.2) is 60.8 Å². The number of likely N-dealkylation sites (N-methyl/N-ethyl adjacent to an activating group) is 1. The quantitative estimate of drug-likeness (QED) is 0.171. The average Bonchev–Trinajstić information content (AvgIpc) is 3.96. The zero-order valence-electron chi connectivity index (χ0n) is 29.7. The van der Waals surface area contributed by atoms with E-state index in [2.05, 4.69) is 37.8 Å². The van der Waals surface area contributed by atoms with Crippen LogP contribution >= 0.6 is 0 Å². The molecule has 3 fully saturated rings. The van der Waals surface area contributed by atoms with Crippen molar-refractivity contribution in [2.75, 3.05) is 62.3 Å². The normalized spacial score (nSPS) is 17.0. The Labute approximate surface area is 310 Å². The Hall–Kier alpha value is -5.68. The van der Waals surface area contributed by atoms with Crippen LogP contribution in [0.1, 0.15) is 38.5 Å². The summed E-state index contributed by atoms with van der Waals surface area (Å²) in [6.45, 7) is 5.60. The summed E-state index contributed by atoms with van der Waals surface area (Å²) in [6.07, 6.45) is 3.38. The highest BCUT2D eigenvalue weighted by Gasteiger charge is 2.56. The second kappa shape index (κ2) is 17.9. The number of aliphatic carboxylic acids is 2. The number of likely N-dealkylation sites (tertiary alicyclic amines) is 1. The molecule has 0 unspecified atom stereocenters. The van der Waals surface area contributed by atoms with E-state index in [1.807, 2.05) is 0 Å². The number of urea groups is 1. The zero-order valence-corrected chi connectivity index (χ0v) is 29.7. The summed E-state index contributed by atoms with van der Waals surface area (Å²) < 4.78 is 34.0. The van der Waals surface area contributed by atoms with Crippen molar-refractivity contribution in [2.45, 2.75) is 44.6 Å². The van der Waals surface area contributed by atoms with Crippen molar-refractivity contribution in [1.82, 2.24) is 19.7 Å². The molecule has 0 bridgehead atoms. The summed E-state index contributed by atoms with van der Waals surface area (Å²) in [5.41, 5.74) is -1.07. The van der Waals surface area contributed by atoms with E-state index in [4.69, 9.17) is 14.9 Å². The molecule has 15 nitrogen and oxygen atoms in total. The Morgan fingerprint density at radius 2 is 1.41 bits per heavy atom. The molecule has 0 radical (unpaired) electrons. The Morgan fingerprint density at radius 1 is 0.796 bits per heavy atom. The number of aromatic nitrogens is 1. The predicted octanol–water partition coefficient (Wildman–Crippen LogP) is 4.69. The van der Waals surface area contributed by atoms with Gasteiger partial charge in [0.25, 0.3) is 0 Å². The number of carbonyl (C=O) groups excluding carboxylic acids is 3. The van der Waals surface area contributed by atoms with Crippen molar-refractivity contribution in [2.24, 2.45) is 5.41 Å². The lowest BCUT2D eigenvalue weighted by Gasteiger charge is -2.42. The molecule has 4 amide bonds. The summed E-state index contributed by atoms with van der Waals surface area (Å²) in [6, 6.07) is 12.6. The van der Waals surface area contributed by atoms with Crippen LogP contribution in [0.3, 0.4) is 0 Å². The third-order valence-corrected chi connectivity index (χ3v) is 9.47. The molecule has 1 saturated carbocycles. The van der Waals surface area contributed by atoms with Crippen LogP contribution < -0.4 is 20.7 Å². The van der Waals surface area contributed by atoms with E-state index in [9.17, 15) is 28.4 Å². The van der Waals surface area contributed by atoms with Gasteiger partial charge in [0.2, 0.25) is 11.8 Å². The molecule has 17 heteroatoms. The van der Waals surface area contributed by atoms with E-state index in [1.165, 1.54) is 42.6 Å². The number of nitrogens with one attached hydrogen (secondary N) is 3. The Kier molecular flexibility index (Phi) is 13.1. The Balaban J connectivity index is 0.000000631. The number of halogens is 2. The standard InChI is InChI=1S/C33H37F2N7O4.C4H6O4/c1-40-16-18-41(19-17-40)24-9-14-42(15-10-24)32(45)39-29-21-26(8-13-36-29)46-25-6-7-28(27(35)20-25)38-31(44)33(11-12-33)30(43)37-23-4-2-22(34)3-5-23;5-3(6)1-2-4(7)8/h2-8,13,20-21,24H,9-12,14-19H2,1H3,(H,37,43)(H,38,44)(H,36,39,45);1-2H2,(H,5,6)(H,7,8). The number of anilines is 3. The fourth-order valence-electron chi connectivity index (χ4n) is 6.07. The highest BCUT2D eigenvalue weighted by molar-refractivity contribution is 6.17. The summed E-state index contributed by atoms with van der Waals surface area (Å²) >= 11 is 0. The average molecular weight is 752 g/mol. The molecule has 3 aliphatic rings. The van der Waals surface area contributed by atoms with Crippen LogP contribution in [0, 0.1) is 17.0 Å². The number of nitrogens with zero attached hydrogens (tertiary/aromatic N) is 4. The summed E-state index contributed by atoms with van der Waals surface area (Å²) in [5.74, 6) is -3.70. The molecule has 6 rings (SSSR count). The summed E-state index contributed by atoms with van der Waals surface area (Å²) in [7, 11) is 2.14. The maximum absolute atomic E-state index is 15.0. The third kappa shape index (κ3) is 10.9. The molecule has 2 aromatic carbocycles. The fourth-order valence-corrected chi connectivity index (χ4v) is 6.07. The van der Waals surface area contributed by atoms with Crippen LogP contribution in [-0.4, -0.2) is 112 Å². The first-order chi connectivity index (χ1) is 25.8. The van der Waals surface area contributed by atoms with Gasteiger partial charge in [-0.1, -0.05) is 0 Å². The van der Waals surface area contributed by atoms with Crippen molar-refractivity contribution < 1.29 is 47.7 Å². The molecule has 1 aromatic heterocycles. The number of rotatable bonds is 11. The monoisotopic (exact) mass is 751 g/mol. The molecule has 2 saturated heterocycles. The number of amides is 4. The van der Waals surface area contributed by atoms with Gasteiger partial charge in [-0.2, -0.15) is 0 Å². The molecule has 5 N–H and O–H groups in total. The van der Waals surface area contributed by atoms with Crippen LogP contribution in [-0.2, 0) is 19.2 Å². The van der Waals surface area contributed by atoms with Gasteiger partial charge >= 0.3 is 18.0 Å². The second-order valence-electron chi connectivity index (χ2n) is 13.4. The number of benzene rings is 2. The number of hydrogen-bond donors (Lipinski definition) is 5. The van der Waals surface area contributed by atoms with Crippen LogP contribution in [0.5, 0.6) is 11.5 Å². The van der Waals surface area contributed by atoms with Crippen LogP contribution in [0.25, 0.3) is 0 Å². The van der Waals surface area contributed by atoms with Crippen molar-refractivity contribution in [3.05, 3.63) is 72.4 Å². The number of carbonyl (C=O) groups is 5. The first-order valence-electron chi connectivity index (χ1n) is 17.6. The first kappa shape index (κ1) is 39.5. The minimum atomic E-state index is -1.33. The van der Waals surface area contributed by atoms with Crippen LogP contribution in [0.2, 0.25) is 0 Å². The number of piperidine rings is 1. The van der Waals surface area contributed by atoms with Gasteiger partial charge in [-0.15, -0.1) is 0 Å². The number of hydrogen-bond acceptors (Lipinski definition) is 9. The van der Waals surface area contributed by atoms with Crippen molar-refractivity contribution in [3.63, 3.8) is 0 Å². The lowest BCUT2D eigenvalue weighted by Crippen LogP contribution is -2.53. The van der Waals surface area contributed by atoms with Crippen molar-refractivity contribution in [1.29, 1.82) is 0 Å². The lowest BCUT2D eigenvalue weighted by atomic mass is 10.0. The molecule has 3 aromatic rings. The van der Waals surface area contributed by atoms with Gasteiger partial charge in [0, 0.05) is 69.3 Å².